The van der Waals surface area contributed by atoms with Crippen LogP contribution in [0.5, 0.6) is 5.75 Å². The molecule has 1 aromatic heterocycles. The number of thioether (sulfide) groups is 2. The average Bonchev–Trinajstić information content (AvgIpc) is 3.27. The average molecular weight is 624 g/mol. The summed E-state index contributed by atoms with van der Waals surface area (Å²) in [4.78, 5) is 12.1. The fraction of sp³-hybridized carbons (Fsp3) is 0.0909. The number of aromatic hydroxyl groups is 1. The molecular formula is C22H16Br2N4O2S3. The second kappa shape index (κ2) is 11.5. The van der Waals surface area contributed by atoms with Crippen molar-refractivity contribution in [3.8, 4) is 5.75 Å². The van der Waals surface area contributed by atoms with Gasteiger partial charge in [-0.2, -0.15) is 5.10 Å². The van der Waals surface area contributed by atoms with E-state index in [-0.39, 0.29) is 17.4 Å². The maximum absolute atomic E-state index is 12.1. The number of nitrogens with zero attached hydrogens (tertiary/aromatic N) is 3. The smallest absolute Gasteiger partial charge is 0.250 e. The number of hydrazone groups is 1. The number of rotatable bonds is 8. The van der Waals surface area contributed by atoms with Crippen molar-refractivity contribution in [2.45, 2.75) is 14.4 Å². The van der Waals surface area contributed by atoms with Crippen LogP contribution in [0.25, 0.3) is 10.8 Å². The Bertz CT molecular complexity index is 1320. The Morgan fingerprint density at radius 2 is 1.85 bits per heavy atom. The summed E-state index contributed by atoms with van der Waals surface area (Å²) in [5.41, 5.74) is 4.18. The van der Waals surface area contributed by atoms with Crippen LogP contribution in [0.15, 0.2) is 77.3 Å². The number of amides is 1. The number of carbonyl (C=O) groups is 1. The van der Waals surface area contributed by atoms with Crippen LogP contribution >= 0.6 is 66.7 Å². The molecule has 0 fully saturated rings. The van der Waals surface area contributed by atoms with E-state index >= 15 is 0 Å². The second-order valence-corrected chi connectivity index (χ2v) is 11.9. The number of halogens is 2. The zero-order valence-electron chi connectivity index (χ0n) is 16.9. The molecule has 11 heteroatoms. The van der Waals surface area contributed by atoms with Gasteiger partial charge in [0, 0.05) is 15.8 Å². The Hall–Kier alpha value is -1.92. The van der Waals surface area contributed by atoms with Gasteiger partial charge in [-0.25, -0.2) is 5.43 Å². The van der Waals surface area contributed by atoms with Crippen LogP contribution in [0.4, 0.5) is 0 Å². The summed E-state index contributed by atoms with van der Waals surface area (Å²) < 4.78 is 2.90. The summed E-state index contributed by atoms with van der Waals surface area (Å²) in [5.74, 6) is 0.737. The van der Waals surface area contributed by atoms with Gasteiger partial charge >= 0.3 is 0 Å². The van der Waals surface area contributed by atoms with E-state index in [1.807, 2.05) is 12.1 Å². The fourth-order valence-electron chi connectivity index (χ4n) is 2.89. The minimum Gasteiger partial charge on any atom is -0.506 e. The first kappa shape index (κ1) is 24.2. The first-order valence-corrected chi connectivity index (χ1v) is 13.9. The van der Waals surface area contributed by atoms with E-state index in [0.717, 1.165) is 18.9 Å². The van der Waals surface area contributed by atoms with Crippen molar-refractivity contribution in [3.05, 3.63) is 74.7 Å². The van der Waals surface area contributed by atoms with E-state index in [2.05, 4.69) is 82.9 Å². The van der Waals surface area contributed by atoms with Gasteiger partial charge < -0.3 is 5.11 Å². The molecule has 0 unspecified atom stereocenters. The lowest BCUT2D eigenvalue weighted by atomic mass is 10.1. The van der Waals surface area contributed by atoms with E-state index in [9.17, 15) is 9.90 Å². The van der Waals surface area contributed by atoms with Gasteiger partial charge in [-0.1, -0.05) is 93.3 Å². The van der Waals surface area contributed by atoms with E-state index < -0.39 is 0 Å². The normalized spacial score (nSPS) is 11.3. The number of hydrogen-bond acceptors (Lipinski definition) is 8. The lowest BCUT2D eigenvalue weighted by Crippen LogP contribution is -2.19. The van der Waals surface area contributed by atoms with E-state index in [1.54, 1.807) is 23.9 Å². The molecule has 1 amide bonds. The highest BCUT2D eigenvalue weighted by Gasteiger charge is 2.10. The SMILES string of the molecule is O=C(CSc1nnc(SCc2cccc3ccccc23)s1)N/N=C\c1cc(Br)cc(Br)c1O. The summed E-state index contributed by atoms with van der Waals surface area (Å²) in [6, 6.07) is 18.1. The molecule has 0 atom stereocenters. The van der Waals surface area contributed by atoms with E-state index in [0.29, 0.717) is 10.0 Å². The number of hydrogen-bond donors (Lipinski definition) is 2. The van der Waals surface area contributed by atoms with Crippen LogP contribution in [-0.2, 0) is 10.5 Å². The third-order valence-electron chi connectivity index (χ3n) is 4.40. The van der Waals surface area contributed by atoms with Crippen LogP contribution in [-0.4, -0.2) is 33.2 Å². The zero-order chi connectivity index (χ0) is 23.2. The van der Waals surface area contributed by atoms with Crippen LogP contribution in [0, 0.1) is 0 Å². The van der Waals surface area contributed by atoms with Crippen LogP contribution in [0.3, 0.4) is 0 Å². The topological polar surface area (TPSA) is 87.5 Å². The molecule has 0 saturated carbocycles. The summed E-state index contributed by atoms with van der Waals surface area (Å²) in [6.45, 7) is 0. The van der Waals surface area contributed by atoms with Crippen LogP contribution < -0.4 is 5.43 Å². The van der Waals surface area contributed by atoms with Crippen molar-refractivity contribution in [1.29, 1.82) is 0 Å². The number of phenols is 1. The first-order chi connectivity index (χ1) is 16.0. The first-order valence-electron chi connectivity index (χ1n) is 9.55. The van der Waals surface area contributed by atoms with Crippen molar-refractivity contribution in [2.24, 2.45) is 5.10 Å². The number of aromatic nitrogens is 2. The maximum Gasteiger partial charge on any atom is 0.250 e. The van der Waals surface area contributed by atoms with Gasteiger partial charge in [-0.3, -0.25) is 4.79 Å². The monoisotopic (exact) mass is 622 g/mol. The number of phenolic OH excluding ortho intramolecular Hbond substituents is 1. The molecular weight excluding hydrogens is 608 g/mol. The molecule has 0 radical (unpaired) electrons. The molecule has 168 valence electrons. The molecule has 0 spiro atoms. The zero-order valence-corrected chi connectivity index (χ0v) is 22.5. The molecule has 0 bridgehead atoms. The fourth-order valence-corrected chi connectivity index (χ4v) is 6.96. The van der Waals surface area contributed by atoms with Crippen molar-refractivity contribution in [2.75, 3.05) is 5.75 Å². The Morgan fingerprint density at radius 3 is 2.70 bits per heavy atom. The predicted octanol–water partition coefficient (Wildman–Crippen LogP) is 6.46. The quantitative estimate of drug-likeness (QED) is 0.133. The summed E-state index contributed by atoms with van der Waals surface area (Å²) >= 11 is 11.0. The van der Waals surface area contributed by atoms with Crippen molar-refractivity contribution < 1.29 is 9.90 Å². The van der Waals surface area contributed by atoms with Crippen LogP contribution in [0.2, 0.25) is 0 Å². The number of carbonyl (C=O) groups excluding carboxylic acids is 1. The third-order valence-corrected chi connectivity index (χ3v) is 8.70. The number of benzene rings is 3. The van der Waals surface area contributed by atoms with Crippen molar-refractivity contribution >= 4 is 89.6 Å². The maximum atomic E-state index is 12.1. The molecule has 4 rings (SSSR count). The molecule has 0 aliphatic carbocycles. The van der Waals surface area contributed by atoms with Crippen molar-refractivity contribution in [1.82, 2.24) is 15.6 Å². The Balaban J connectivity index is 1.27. The van der Waals surface area contributed by atoms with Gasteiger partial charge in [-0.05, 0) is 44.4 Å². The minimum absolute atomic E-state index is 0.0490. The van der Waals surface area contributed by atoms with Gasteiger partial charge in [0.25, 0.3) is 5.91 Å². The molecule has 0 aliphatic rings. The van der Waals surface area contributed by atoms with Gasteiger partial charge in [0.15, 0.2) is 8.68 Å². The summed E-state index contributed by atoms with van der Waals surface area (Å²) in [5, 5.41) is 24.8. The van der Waals surface area contributed by atoms with Crippen LogP contribution in [0.1, 0.15) is 11.1 Å². The summed E-state index contributed by atoms with van der Waals surface area (Å²) in [7, 11) is 0. The number of nitrogens with one attached hydrogen (secondary N) is 1. The Morgan fingerprint density at radius 1 is 1.09 bits per heavy atom. The van der Waals surface area contributed by atoms with Gasteiger partial charge in [-0.15, -0.1) is 10.2 Å². The molecule has 2 N–H and O–H groups in total. The predicted molar refractivity (Wildman–Crippen MR) is 143 cm³/mol. The standard InChI is InChI=1S/C22H16Br2N4O2S3/c23-16-8-15(20(30)18(24)9-16)10-25-26-19(29)12-32-22-28-27-21(33-22)31-11-14-6-3-5-13-4-1-2-7-17(13)14/h1-10,30H,11-12H2,(H,26,29)/b25-10-. The highest BCUT2D eigenvalue weighted by atomic mass is 79.9. The largest absolute Gasteiger partial charge is 0.506 e. The lowest BCUT2D eigenvalue weighted by molar-refractivity contribution is -0.118. The Labute approximate surface area is 219 Å². The van der Waals surface area contributed by atoms with E-state index in [4.69, 9.17) is 0 Å². The second-order valence-electron chi connectivity index (χ2n) is 6.67. The summed E-state index contributed by atoms with van der Waals surface area (Å²) in [6.07, 6.45) is 1.39. The molecule has 0 saturated heterocycles. The van der Waals surface area contributed by atoms with Gasteiger partial charge in [0.05, 0.1) is 16.4 Å². The number of fused-ring (bicyclic) bond motifs is 1. The minimum atomic E-state index is -0.273. The Kier molecular flexibility index (Phi) is 8.42. The molecule has 1 heterocycles. The molecule has 4 aromatic rings. The van der Waals surface area contributed by atoms with Gasteiger partial charge in [0.1, 0.15) is 5.75 Å². The highest BCUT2D eigenvalue weighted by molar-refractivity contribution is 9.11. The molecule has 33 heavy (non-hydrogen) atoms. The molecule has 6 nitrogen and oxygen atoms in total. The van der Waals surface area contributed by atoms with Gasteiger partial charge in [0.2, 0.25) is 0 Å². The van der Waals surface area contributed by atoms with E-state index in [1.165, 1.54) is 45.6 Å². The molecule has 3 aromatic carbocycles. The highest BCUT2D eigenvalue weighted by Crippen LogP contribution is 2.33. The van der Waals surface area contributed by atoms with Crippen molar-refractivity contribution in [3.63, 3.8) is 0 Å². The molecule has 0 aliphatic heterocycles. The third kappa shape index (κ3) is 6.57. The lowest BCUT2D eigenvalue weighted by Gasteiger charge is -2.04.